The van der Waals surface area contributed by atoms with Crippen LogP contribution in [0.15, 0.2) is 67.1 Å². The molecule has 258 valence electrons. The number of halogens is 2. The lowest BCUT2D eigenvalue weighted by molar-refractivity contribution is -0.0821. The van der Waals surface area contributed by atoms with Crippen molar-refractivity contribution in [1.82, 2.24) is 29.9 Å². The third kappa shape index (κ3) is 7.09. The number of ether oxygens (including phenoxy) is 1. The zero-order chi connectivity index (χ0) is 34.1. The van der Waals surface area contributed by atoms with Crippen LogP contribution in [0.4, 0.5) is 14.6 Å². The first-order valence-electron chi connectivity index (χ1n) is 17.0. The Balaban J connectivity index is 0.963. The topological polar surface area (TPSA) is 122 Å². The lowest BCUT2D eigenvalue weighted by Gasteiger charge is -2.39. The van der Waals surface area contributed by atoms with Gasteiger partial charge in [-0.1, -0.05) is 42.5 Å². The Morgan fingerprint density at radius 3 is 2.53 bits per heavy atom. The van der Waals surface area contributed by atoms with Crippen molar-refractivity contribution >= 4 is 11.7 Å². The molecule has 4 N–H and O–H groups in total. The van der Waals surface area contributed by atoms with Gasteiger partial charge in [0.2, 0.25) is 0 Å². The molecule has 0 spiro atoms. The summed E-state index contributed by atoms with van der Waals surface area (Å²) in [6.45, 7) is 3.54. The van der Waals surface area contributed by atoms with Crippen molar-refractivity contribution in [3.63, 3.8) is 0 Å². The van der Waals surface area contributed by atoms with Gasteiger partial charge in [-0.25, -0.2) is 13.8 Å². The highest BCUT2D eigenvalue weighted by atomic mass is 19.3. The second-order valence-electron chi connectivity index (χ2n) is 13.5. The number of nitrogen functional groups attached to an aromatic ring is 1. The molecule has 49 heavy (non-hydrogen) atoms. The molecule has 3 heterocycles. The van der Waals surface area contributed by atoms with E-state index in [4.69, 9.17) is 10.5 Å². The van der Waals surface area contributed by atoms with Crippen LogP contribution in [-0.2, 0) is 24.8 Å². The molecule has 2 fully saturated rings. The van der Waals surface area contributed by atoms with E-state index >= 15 is 8.78 Å². The summed E-state index contributed by atoms with van der Waals surface area (Å²) in [4.78, 5) is 21.5. The van der Waals surface area contributed by atoms with Crippen molar-refractivity contribution in [2.45, 2.75) is 56.4 Å². The Morgan fingerprint density at radius 2 is 1.80 bits per heavy atom. The molecule has 1 saturated heterocycles. The molecule has 2 aromatic carbocycles. The van der Waals surface area contributed by atoms with Crippen molar-refractivity contribution in [3.05, 3.63) is 89.4 Å². The normalized spacial score (nSPS) is 22.3. The van der Waals surface area contributed by atoms with Crippen LogP contribution < -0.4 is 11.1 Å². The minimum absolute atomic E-state index is 0.0823. The molecule has 0 radical (unpaired) electrons. The number of aliphatic hydroxyl groups excluding tert-OH is 1. The maximum absolute atomic E-state index is 15.4. The van der Waals surface area contributed by atoms with Crippen molar-refractivity contribution < 1.29 is 23.4 Å². The quantitative estimate of drug-likeness (QED) is 0.226. The fourth-order valence-electron chi connectivity index (χ4n) is 7.55. The lowest BCUT2D eigenvalue weighted by atomic mass is 9.98. The Morgan fingerprint density at radius 1 is 1.02 bits per heavy atom. The number of nitrogens with two attached hydrogens (primary N) is 1. The SMILES string of the molecule is Cn1cc(-c2cnc(N)c(C(=O)N[C@H]3CCC[C@@H]3OCc3ccc(-c4ccc5c(c4)CC(F)(F)[C@H]5N4CCN(CCO)CC4)cc3)c2)cn1. The van der Waals surface area contributed by atoms with Crippen LogP contribution in [0.25, 0.3) is 22.3 Å². The van der Waals surface area contributed by atoms with Gasteiger partial charge in [-0.15, -0.1) is 0 Å². The first-order chi connectivity index (χ1) is 23.7. The van der Waals surface area contributed by atoms with Gasteiger partial charge in [0.05, 0.1) is 43.2 Å². The third-order valence-corrected chi connectivity index (χ3v) is 10.2. The molecule has 7 rings (SSSR count). The zero-order valence-corrected chi connectivity index (χ0v) is 27.7. The average Bonchev–Trinajstić information content (AvgIpc) is 3.80. The van der Waals surface area contributed by atoms with Gasteiger partial charge in [-0.2, -0.15) is 5.10 Å². The van der Waals surface area contributed by atoms with Crippen LogP contribution in [0.3, 0.4) is 0 Å². The molecule has 12 heteroatoms. The van der Waals surface area contributed by atoms with Gasteiger partial charge in [0.15, 0.2) is 0 Å². The molecule has 0 bridgehead atoms. The van der Waals surface area contributed by atoms with Crippen LogP contribution >= 0.6 is 0 Å². The minimum atomic E-state index is -2.83. The Labute approximate surface area is 284 Å². The highest BCUT2D eigenvalue weighted by Gasteiger charge is 2.50. The molecule has 1 amide bonds. The van der Waals surface area contributed by atoms with Crippen LogP contribution in [0.5, 0.6) is 0 Å². The summed E-state index contributed by atoms with van der Waals surface area (Å²) in [5.74, 6) is -2.93. The number of carbonyl (C=O) groups is 1. The number of aliphatic hydroxyl groups is 1. The van der Waals surface area contributed by atoms with Gasteiger partial charge in [0.1, 0.15) is 5.82 Å². The van der Waals surface area contributed by atoms with E-state index in [0.29, 0.717) is 56.0 Å². The number of benzene rings is 2. The van der Waals surface area contributed by atoms with Gasteiger partial charge < -0.3 is 20.9 Å². The molecule has 3 aliphatic rings. The van der Waals surface area contributed by atoms with E-state index in [1.165, 1.54) is 0 Å². The van der Waals surface area contributed by atoms with Gasteiger partial charge in [0, 0.05) is 69.7 Å². The van der Waals surface area contributed by atoms with Crippen molar-refractivity contribution in [3.8, 4) is 22.3 Å². The Bertz CT molecular complexity index is 1790. The Kier molecular flexibility index (Phi) is 9.47. The summed E-state index contributed by atoms with van der Waals surface area (Å²) in [6.07, 6.45) is 7.40. The van der Waals surface area contributed by atoms with Crippen LogP contribution in [0, 0.1) is 0 Å². The highest BCUT2D eigenvalue weighted by Crippen LogP contribution is 2.48. The second kappa shape index (κ2) is 13.9. The van der Waals surface area contributed by atoms with E-state index in [9.17, 15) is 9.90 Å². The Hall–Kier alpha value is -4.23. The summed E-state index contributed by atoms with van der Waals surface area (Å²) < 4.78 is 38.7. The number of carbonyl (C=O) groups excluding carboxylic acids is 1. The number of rotatable bonds is 10. The number of fused-ring (bicyclic) bond motifs is 1. The number of hydrogen-bond acceptors (Lipinski definition) is 8. The van der Waals surface area contributed by atoms with Crippen molar-refractivity contribution in [1.29, 1.82) is 0 Å². The van der Waals surface area contributed by atoms with Gasteiger partial charge in [-0.3, -0.25) is 19.3 Å². The number of alkyl halides is 2. The first-order valence-corrected chi connectivity index (χ1v) is 17.0. The van der Waals surface area contributed by atoms with Crippen molar-refractivity contribution in [2.24, 2.45) is 7.05 Å². The first kappa shape index (κ1) is 33.3. The number of pyridine rings is 1. The summed E-state index contributed by atoms with van der Waals surface area (Å²) in [7, 11) is 1.83. The maximum atomic E-state index is 15.4. The number of anilines is 1. The number of nitrogens with zero attached hydrogens (tertiary/aromatic N) is 5. The highest BCUT2D eigenvalue weighted by molar-refractivity contribution is 5.99. The van der Waals surface area contributed by atoms with Gasteiger partial charge >= 0.3 is 0 Å². The van der Waals surface area contributed by atoms with Crippen LogP contribution in [-0.4, -0.2) is 93.0 Å². The third-order valence-electron chi connectivity index (χ3n) is 10.2. The number of nitrogens with one attached hydrogen (secondary N) is 1. The van der Waals surface area contributed by atoms with E-state index in [1.54, 1.807) is 23.1 Å². The van der Waals surface area contributed by atoms with E-state index < -0.39 is 12.0 Å². The van der Waals surface area contributed by atoms with Crippen molar-refractivity contribution in [2.75, 3.05) is 45.1 Å². The largest absolute Gasteiger partial charge is 0.395 e. The molecular weight excluding hydrogens is 628 g/mol. The predicted molar refractivity (Wildman–Crippen MR) is 183 cm³/mol. The number of aryl methyl sites for hydroxylation is 1. The predicted octanol–water partition coefficient (Wildman–Crippen LogP) is 4.44. The fourth-order valence-corrected chi connectivity index (χ4v) is 7.55. The lowest BCUT2D eigenvalue weighted by Crippen LogP contribution is -2.51. The van der Waals surface area contributed by atoms with Gasteiger partial charge in [0.25, 0.3) is 11.8 Å². The summed E-state index contributed by atoms with van der Waals surface area (Å²) in [6, 6.07) is 14.4. The minimum Gasteiger partial charge on any atom is -0.395 e. The number of hydrogen-bond donors (Lipinski definition) is 3. The molecule has 2 aromatic heterocycles. The molecule has 1 saturated carbocycles. The molecule has 10 nitrogen and oxygen atoms in total. The molecule has 0 unspecified atom stereocenters. The summed E-state index contributed by atoms with van der Waals surface area (Å²) >= 11 is 0. The number of piperazine rings is 1. The molecule has 1 aliphatic heterocycles. The smallest absolute Gasteiger partial charge is 0.271 e. The number of aromatic nitrogens is 3. The van der Waals surface area contributed by atoms with E-state index in [2.05, 4.69) is 20.3 Å². The fraction of sp³-hybridized carbons (Fsp3) is 0.432. The summed E-state index contributed by atoms with van der Waals surface area (Å²) in [5, 5.41) is 16.5. The molecule has 3 atom stereocenters. The average molecular weight is 672 g/mol. The van der Waals surface area contributed by atoms with E-state index in [0.717, 1.165) is 47.1 Å². The van der Waals surface area contributed by atoms with E-state index in [1.807, 2.05) is 60.6 Å². The van der Waals surface area contributed by atoms with E-state index in [-0.39, 0.29) is 36.9 Å². The molecule has 2 aliphatic carbocycles. The monoisotopic (exact) mass is 671 g/mol. The number of β-amino-alcohol motifs (C(OH)–C–C–N with tert-alkyl or cyclic N) is 1. The maximum Gasteiger partial charge on any atom is 0.271 e. The van der Waals surface area contributed by atoms with Gasteiger partial charge in [-0.05, 0) is 53.1 Å². The van der Waals surface area contributed by atoms with Crippen LogP contribution in [0.1, 0.15) is 52.4 Å². The second-order valence-corrected chi connectivity index (χ2v) is 13.5. The molecular formula is C37H43F2N7O3. The standard InChI is InChI=1S/C37H43F2N7O3/c1-44-22-29(21-42-44)28-18-31(35(40)41-20-28)36(48)43-32-3-2-4-33(32)49-23-24-5-7-25(8-6-24)26-9-10-30-27(17-26)19-37(38,39)34(30)46-13-11-45(12-14-46)15-16-47/h5-10,17-18,20-22,32-34,47H,2-4,11-16,19,23H2,1H3,(H2,40,41)(H,43,48)/t32-,33-,34-/m0/s1. The summed E-state index contributed by atoms with van der Waals surface area (Å²) in [5.41, 5.74) is 12.3. The molecule has 4 aromatic rings. The zero-order valence-electron chi connectivity index (χ0n) is 27.7. The van der Waals surface area contributed by atoms with Crippen LogP contribution in [0.2, 0.25) is 0 Å². The number of amides is 1.